The third kappa shape index (κ3) is 4.47. The van der Waals surface area contributed by atoms with E-state index in [1.165, 1.54) is 0 Å². The van der Waals surface area contributed by atoms with E-state index < -0.39 is 36.4 Å². The highest BCUT2D eigenvalue weighted by Gasteiger charge is 2.29. The molecule has 0 fully saturated rings. The zero-order valence-electron chi connectivity index (χ0n) is 11.6. The van der Waals surface area contributed by atoms with Crippen LogP contribution >= 0.6 is 0 Å². The number of hydrogen-bond donors (Lipinski definition) is 2. The number of allylic oxidation sites excluding steroid dienone is 2. The van der Waals surface area contributed by atoms with Gasteiger partial charge in [0.2, 0.25) is 0 Å². The maximum atomic E-state index is 11.5. The van der Waals surface area contributed by atoms with Gasteiger partial charge in [-0.25, -0.2) is 9.59 Å². The molecule has 0 aliphatic heterocycles. The molecule has 1 rings (SSSR count). The van der Waals surface area contributed by atoms with Gasteiger partial charge in [0, 0.05) is 0 Å². The van der Waals surface area contributed by atoms with Crippen molar-refractivity contribution in [2.45, 2.75) is 51.1 Å². The van der Waals surface area contributed by atoms with Gasteiger partial charge in [0.15, 0.2) is 24.4 Å². The molecule has 6 heteroatoms. The lowest BCUT2D eigenvalue weighted by Gasteiger charge is -2.25. The summed E-state index contributed by atoms with van der Waals surface area (Å²) >= 11 is 0. The number of esters is 2. The Bertz CT molecular complexity index is 362. The average Bonchev–Trinajstić information content (AvgIpc) is 2.47. The number of carbonyl (C=O) groups is 2. The molecule has 4 unspecified atom stereocenters. The van der Waals surface area contributed by atoms with E-state index in [9.17, 15) is 19.8 Å². The lowest BCUT2D eigenvalue weighted by molar-refractivity contribution is -0.171. The first-order valence-corrected chi connectivity index (χ1v) is 6.61. The van der Waals surface area contributed by atoms with Crippen molar-refractivity contribution in [2.24, 2.45) is 0 Å². The Morgan fingerprint density at radius 2 is 1.30 bits per heavy atom. The van der Waals surface area contributed by atoms with Crippen molar-refractivity contribution in [3.63, 3.8) is 0 Å². The molecule has 0 aromatic rings. The molecule has 20 heavy (non-hydrogen) atoms. The second-order valence-electron chi connectivity index (χ2n) is 4.42. The van der Waals surface area contributed by atoms with Crippen LogP contribution in [0.3, 0.4) is 0 Å². The number of hydrogen-bond acceptors (Lipinski definition) is 6. The first-order chi connectivity index (χ1) is 9.49. The number of aliphatic hydroxyl groups is 2. The molecule has 1 aliphatic carbocycles. The van der Waals surface area contributed by atoms with E-state index in [0.717, 1.165) is 0 Å². The van der Waals surface area contributed by atoms with E-state index in [4.69, 9.17) is 9.47 Å². The highest BCUT2D eigenvalue weighted by Crippen LogP contribution is 2.15. The van der Waals surface area contributed by atoms with Crippen LogP contribution in [0.5, 0.6) is 0 Å². The van der Waals surface area contributed by atoms with Crippen LogP contribution in [0.1, 0.15) is 26.7 Å². The summed E-state index contributed by atoms with van der Waals surface area (Å²) in [7, 11) is 0. The molecule has 1 aliphatic rings. The highest BCUT2D eigenvalue weighted by molar-refractivity contribution is 5.76. The fourth-order valence-corrected chi connectivity index (χ4v) is 1.54. The quantitative estimate of drug-likeness (QED) is 0.689. The summed E-state index contributed by atoms with van der Waals surface area (Å²) in [5.41, 5.74) is 0. The summed E-state index contributed by atoms with van der Waals surface area (Å²) in [6.45, 7) is 3.30. The molecule has 6 nitrogen and oxygen atoms in total. The Labute approximate surface area is 117 Å². The van der Waals surface area contributed by atoms with E-state index in [1.54, 1.807) is 38.2 Å². The normalized spacial score (nSPS) is 24.0. The molecule has 0 heterocycles. The lowest BCUT2D eigenvalue weighted by Crippen LogP contribution is -2.38. The minimum absolute atomic E-state index is 0.240. The minimum atomic E-state index is -1.20. The fraction of sp³-hybridized carbons (Fsp3) is 0.571. The molecule has 0 aromatic carbocycles. The molecule has 2 N–H and O–H groups in total. The average molecular weight is 284 g/mol. The van der Waals surface area contributed by atoms with Gasteiger partial charge >= 0.3 is 11.9 Å². The van der Waals surface area contributed by atoms with E-state index in [0.29, 0.717) is 0 Å². The minimum Gasteiger partial charge on any atom is -0.452 e. The van der Waals surface area contributed by atoms with Crippen LogP contribution in [-0.4, -0.2) is 46.6 Å². The Kier molecular flexibility index (Phi) is 6.41. The maximum Gasteiger partial charge on any atom is 0.335 e. The van der Waals surface area contributed by atoms with Crippen molar-refractivity contribution in [1.82, 2.24) is 0 Å². The number of carbonyl (C=O) groups excluding carboxylic acids is 2. The van der Waals surface area contributed by atoms with Crippen molar-refractivity contribution < 1.29 is 29.3 Å². The smallest absolute Gasteiger partial charge is 0.335 e. The van der Waals surface area contributed by atoms with Gasteiger partial charge in [-0.05, 0) is 25.0 Å². The molecule has 0 radical (unpaired) electrons. The summed E-state index contributed by atoms with van der Waals surface area (Å²) in [6.07, 6.45) is 2.87. The molecule has 0 saturated heterocycles. The largest absolute Gasteiger partial charge is 0.452 e. The van der Waals surface area contributed by atoms with E-state index in [2.05, 4.69) is 0 Å². The van der Waals surface area contributed by atoms with Gasteiger partial charge in [0.25, 0.3) is 0 Å². The Morgan fingerprint density at radius 1 is 0.950 bits per heavy atom. The van der Waals surface area contributed by atoms with Gasteiger partial charge < -0.3 is 19.7 Å². The summed E-state index contributed by atoms with van der Waals surface area (Å²) in [6, 6.07) is 0. The molecule has 4 atom stereocenters. The highest BCUT2D eigenvalue weighted by atomic mass is 16.6. The number of rotatable bonds is 6. The van der Waals surface area contributed by atoms with E-state index >= 15 is 0 Å². The van der Waals surface area contributed by atoms with E-state index in [1.807, 2.05) is 0 Å². The van der Waals surface area contributed by atoms with Crippen molar-refractivity contribution in [3.8, 4) is 0 Å². The van der Waals surface area contributed by atoms with Crippen LogP contribution in [0.2, 0.25) is 0 Å². The first-order valence-electron chi connectivity index (χ1n) is 6.61. The second kappa shape index (κ2) is 7.81. The zero-order valence-corrected chi connectivity index (χ0v) is 11.6. The van der Waals surface area contributed by atoms with Crippen LogP contribution in [0.15, 0.2) is 24.3 Å². The summed E-state index contributed by atoms with van der Waals surface area (Å²) in [4.78, 5) is 23.1. The van der Waals surface area contributed by atoms with Crippen molar-refractivity contribution >= 4 is 11.9 Å². The van der Waals surface area contributed by atoms with Crippen molar-refractivity contribution in [1.29, 1.82) is 0 Å². The monoisotopic (exact) mass is 284 g/mol. The Balaban J connectivity index is 2.64. The molecule has 0 aromatic heterocycles. The summed E-state index contributed by atoms with van der Waals surface area (Å²) in [5.74, 6) is -1.54. The maximum absolute atomic E-state index is 11.5. The fourth-order valence-electron chi connectivity index (χ4n) is 1.54. The first kappa shape index (κ1) is 16.4. The van der Waals surface area contributed by atoms with Crippen molar-refractivity contribution in [3.05, 3.63) is 24.3 Å². The van der Waals surface area contributed by atoms with Crippen LogP contribution in [0.4, 0.5) is 0 Å². The van der Waals surface area contributed by atoms with Crippen LogP contribution in [0, 0.1) is 0 Å². The third-order valence-corrected chi connectivity index (χ3v) is 2.86. The van der Waals surface area contributed by atoms with Crippen molar-refractivity contribution in [2.75, 3.05) is 0 Å². The van der Waals surface area contributed by atoms with Gasteiger partial charge in [0.05, 0.1) is 0 Å². The zero-order chi connectivity index (χ0) is 15.1. The lowest BCUT2D eigenvalue weighted by atomic mass is 10.1. The Hall–Kier alpha value is -1.66. The number of ether oxygens (including phenoxy) is 2. The van der Waals surface area contributed by atoms with E-state index in [-0.39, 0.29) is 12.8 Å². The predicted molar refractivity (Wildman–Crippen MR) is 70.6 cm³/mol. The Morgan fingerprint density at radius 3 is 1.60 bits per heavy atom. The molecular formula is C14H20O6. The van der Waals surface area contributed by atoms with Gasteiger partial charge in [0.1, 0.15) is 0 Å². The van der Waals surface area contributed by atoms with Gasteiger partial charge in [-0.1, -0.05) is 26.0 Å². The SMILES string of the molecule is CCC(O)C(=O)OC1C=CC=CC1OC(=O)C(O)CC. The van der Waals surface area contributed by atoms with Crippen LogP contribution in [0.25, 0.3) is 0 Å². The molecule has 0 amide bonds. The molecule has 0 bridgehead atoms. The number of aliphatic hydroxyl groups excluding tert-OH is 2. The van der Waals surface area contributed by atoms with Gasteiger partial charge in [-0.15, -0.1) is 0 Å². The summed E-state index contributed by atoms with van der Waals surface area (Å²) < 4.78 is 10.2. The standard InChI is InChI=1S/C14H20O6/c1-3-9(15)13(17)19-11-7-5-6-8-12(11)20-14(18)10(16)4-2/h5-12,15-16H,3-4H2,1-2H3. The molecule has 112 valence electrons. The topological polar surface area (TPSA) is 93.1 Å². The molecule has 0 saturated carbocycles. The van der Waals surface area contributed by atoms with Crippen LogP contribution < -0.4 is 0 Å². The van der Waals surface area contributed by atoms with Crippen LogP contribution in [-0.2, 0) is 19.1 Å². The molecular weight excluding hydrogens is 264 g/mol. The predicted octanol–water partition coefficient (Wildman–Crippen LogP) is 0.478. The van der Waals surface area contributed by atoms with Gasteiger partial charge in [-0.2, -0.15) is 0 Å². The third-order valence-electron chi connectivity index (χ3n) is 2.86. The second-order valence-corrected chi connectivity index (χ2v) is 4.42. The summed E-state index contributed by atoms with van der Waals surface area (Å²) in [5, 5.41) is 18.8. The van der Waals surface area contributed by atoms with Gasteiger partial charge in [-0.3, -0.25) is 0 Å². The molecule has 0 spiro atoms.